The van der Waals surface area contributed by atoms with Crippen LogP contribution in [-0.2, 0) is 10.2 Å². The van der Waals surface area contributed by atoms with Crippen LogP contribution in [0.1, 0.15) is 64.1 Å². The standard InChI is InChI=1S/C19H31NO/c1-5-12-20-18(15-10-13-21-14-11-15)16-8-6-7-9-17(16)19(2,3)4/h6-9,15,18,20H,5,10-14H2,1-4H3. The minimum Gasteiger partial charge on any atom is -0.381 e. The average molecular weight is 289 g/mol. The van der Waals surface area contributed by atoms with Gasteiger partial charge in [-0.2, -0.15) is 0 Å². The van der Waals surface area contributed by atoms with Crippen LogP contribution in [0.2, 0.25) is 0 Å². The number of ether oxygens (including phenoxy) is 1. The predicted octanol–water partition coefficient (Wildman–Crippen LogP) is 4.45. The minimum absolute atomic E-state index is 0.188. The second kappa shape index (κ2) is 7.42. The summed E-state index contributed by atoms with van der Waals surface area (Å²) in [4.78, 5) is 0. The van der Waals surface area contributed by atoms with Crippen molar-refractivity contribution in [3.63, 3.8) is 0 Å². The average Bonchev–Trinajstić information content (AvgIpc) is 2.48. The molecule has 0 bridgehead atoms. The molecule has 1 aliphatic rings. The monoisotopic (exact) mass is 289 g/mol. The molecule has 0 aromatic heterocycles. The van der Waals surface area contributed by atoms with Gasteiger partial charge in [0.05, 0.1) is 0 Å². The zero-order valence-electron chi connectivity index (χ0n) is 14.1. The summed E-state index contributed by atoms with van der Waals surface area (Å²) in [5.74, 6) is 0.689. The highest BCUT2D eigenvalue weighted by atomic mass is 16.5. The molecule has 1 heterocycles. The van der Waals surface area contributed by atoms with E-state index in [1.807, 2.05) is 0 Å². The van der Waals surface area contributed by atoms with Crippen molar-refractivity contribution in [2.45, 2.75) is 58.4 Å². The topological polar surface area (TPSA) is 21.3 Å². The maximum Gasteiger partial charge on any atom is 0.0469 e. The number of hydrogen-bond acceptors (Lipinski definition) is 2. The fraction of sp³-hybridized carbons (Fsp3) is 0.684. The molecule has 1 aromatic rings. The Bertz CT molecular complexity index is 429. The fourth-order valence-electron chi connectivity index (χ4n) is 3.33. The van der Waals surface area contributed by atoms with E-state index >= 15 is 0 Å². The van der Waals surface area contributed by atoms with Gasteiger partial charge in [0.1, 0.15) is 0 Å². The van der Waals surface area contributed by atoms with Gasteiger partial charge in [-0.15, -0.1) is 0 Å². The van der Waals surface area contributed by atoms with E-state index in [4.69, 9.17) is 4.74 Å². The van der Waals surface area contributed by atoms with Crippen molar-refractivity contribution in [2.75, 3.05) is 19.8 Å². The van der Waals surface area contributed by atoms with E-state index in [9.17, 15) is 0 Å². The molecule has 1 aromatic carbocycles. The van der Waals surface area contributed by atoms with Crippen molar-refractivity contribution in [3.05, 3.63) is 35.4 Å². The third-order valence-corrected chi connectivity index (χ3v) is 4.46. The van der Waals surface area contributed by atoms with Crippen molar-refractivity contribution in [1.82, 2.24) is 5.32 Å². The molecule has 21 heavy (non-hydrogen) atoms. The van der Waals surface area contributed by atoms with Gasteiger partial charge in [0, 0.05) is 19.3 Å². The van der Waals surface area contributed by atoms with Crippen LogP contribution >= 0.6 is 0 Å². The molecule has 1 fully saturated rings. The molecule has 2 nitrogen and oxygen atoms in total. The Kier molecular flexibility index (Phi) is 5.83. The second-order valence-electron chi connectivity index (χ2n) is 7.22. The summed E-state index contributed by atoms with van der Waals surface area (Å²) in [6.45, 7) is 12.1. The van der Waals surface area contributed by atoms with Gasteiger partial charge < -0.3 is 10.1 Å². The number of nitrogens with one attached hydrogen (secondary N) is 1. The van der Waals surface area contributed by atoms with Crippen molar-refractivity contribution < 1.29 is 4.74 Å². The van der Waals surface area contributed by atoms with E-state index in [0.717, 1.165) is 19.8 Å². The SMILES string of the molecule is CCCNC(c1ccccc1C(C)(C)C)C1CCOCC1. The van der Waals surface area contributed by atoms with Crippen LogP contribution in [0.5, 0.6) is 0 Å². The quantitative estimate of drug-likeness (QED) is 0.864. The van der Waals surface area contributed by atoms with Crippen LogP contribution in [0.15, 0.2) is 24.3 Å². The molecular formula is C19H31NO. The van der Waals surface area contributed by atoms with E-state index in [0.29, 0.717) is 12.0 Å². The first-order chi connectivity index (χ1) is 10.0. The highest BCUT2D eigenvalue weighted by Crippen LogP contribution is 2.36. The summed E-state index contributed by atoms with van der Waals surface area (Å²) >= 11 is 0. The Hall–Kier alpha value is -0.860. The molecule has 0 saturated carbocycles. The maximum atomic E-state index is 5.56. The van der Waals surface area contributed by atoms with Crippen LogP contribution in [0.3, 0.4) is 0 Å². The molecule has 1 atom stereocenters. The summed E-state index contributed by atoms with van der Waals surface area (Å²) < 4.78 is 5.56. The van der Waals surface area contributed by atoms with Crippen molar-refractivity contribution >= 4 is 0 Å². The highest BCUT2D eigenvalue weighted by molar-refractivity contribution is 5.35. The predicted molar refractivity (Wildman–Crippen MR) is 89.7 cm³/mol. The molecule has 2 heteroatoms. The third-order valence-electron chi connectivity index (χ3n) is 4.46. The summed E-state index contributed by atoms with van der Waals surface area (Å²) in [5, 5.41) is 3.81. The Balaban J connectivity index is 2.31. The summed E-state index contributed by atoms with van der Waals surface area (Å²) in [6, 6.07) is 9.44. The zero-order valence-corrected chi connectivity index (χ0v) is 14.1. The van der Waals surface area contributed by atoms with Gasteiger partial charge in [-0.25, -0.2) is 0 Å². The Morgan fingerprint density at radius 1 is 1.19 bits per heavy atom. The second-order valence-corrected chi connectivity index (χ2v) is 7.22. The Labute approximate surface area is 130 Å². The molecule has 1 N–H and O–H groups in total. The molecule has 1 unspecified atom stereocenters. The molecule has 2 rings (SSSR count). The number of rotatable bonds is 5. The molecule has 0 aliphatic carbocycles. The van der Waals surface area contributed by atoms with Crippen LogP contribution in [0.25, 0.3) is 0 Å². The summed E-state index contributed by atoms with van der Waals surface area (Å²) in [7, 11) is 0. The number of hydrogen-bond donors (Lipinski definition) is 1. The van der Waals surface area contributed by atoms with E-state index < -0.39 is 0 Å². The van der Waals surface area contributed by atoms with Gasteiger partial charge in [-0.05, 0) is 48.3 Å². The van der Waals surface area contributed by atoms with Crippen LogP contribution < -0.4 is 5.32 Å². The van der Waals surface area contributed by atoms with Crippen molar-refractivity contribution in [1.29, 1.82) is 0 Å². The lowest BCUT2D eigenvalue weighted by molar-refractivity contribution is 0.0534. The van der Waals surface area contributed by atoms with Gasteiger partial charge in [0.25, 0.3) is 0 Å². The molecule has 0 radical (unpaired) electrons. The van der Waals surface area contributed by atoms with Crippen molar-refractivity contribution in [2.24, 2.45) is 5.92 Å². The molecule has 0 amide bonds. The molecular weight excluding hydrogens is 258 g/mol. The lowest BCUT2D eigenvalue weighted by Gasteiger charge is -2.35. The Morgan fingerprint density at radius 2 is 1.86 bits per heavy atom. The van der Waals surface area contributed by atoms with Crippen LogP contribution in [-0.4, -0.2) is 19.8 Å². The molecule has 1 aliphatic heterocycles. The van der Waals surface area contributed by atoms with E-state index in [2.05, 4.69) is 57.3 Å². The van der Waals surface area contributed by atoms with Crippen molar-refractivity contribution in [3.8, 4) is 0 Å². The van der Waals surface area contributed by atoms with Gasteiger partial charge in [0.2, 0.25) is 0 Å². The van der Waals surface area contributed by atoms with Gasteiger partial charge in [-0.1, -0.05) is 52.0 Å². The van der Waals surface area contributed by atoms with E-state index in [1.165, 1.54) is 30.4 Å². The Morgan fingerprint density at radius 3 is 2.48 bits per heavy atom. The lowest BCUT2D eigenvalue weighted by Crippen LogP contribution is -2.34. The normalized spacial score (nSPS) is 18.7. The third kappa shape index (κ3) is 4.31. The van der Waals surface area contributed by atoms with Gasteiger partial charge >= 0.3 is 0 Å². The first kappa shape index (κ1) is 16.5. The fourth-order valence-corrected chi connectivity index (χ4v) is 3.33. The zero-order chi connectivity index (χ0) is 15.3. The molecule has 0 spiro atoms. The highest BCUT2D eigenvalue weighted by Gasteiger charge is 2.29. The number of benzene rings is 1. The van der Waals surface area contributed by atoms with E-state index in [1.54, 1.807) is 0 Å². The first-order valence-electron chi connectivity index (χ1n) is 8.44. The van der Waals surface area contributed by atoms with Crippen LogP contribution in [0.4, 0.5) is 0 Å². The molecule has 118 valence electrons. The van der Waals surface area contributed by atoms with E-state index in [-0.39, 0.29) is 5.41 Å². The summed E-state index contributed by atoms with van der Waals surface area (Å²) in [5.41, 5.74) is 3.16. The van der Waals surface area contributed by atoms with Gasteiger partial charge in [0.15, 0.2) is 0 Å². The molecule has 1 saturated heterocycles. The smallest absolute Gasteiger partial charge is 0.0469 e. The first-order valence-corrected chi connectivity index (χ1v) is 8.44. The minimum atomic E-state index is 0.188. The lowest BCUT2D eigenvalue weighted by atomic mass is 9.77. The largest absolute Gasteiger partial charge is 0.381 e. The summed E-state index contributed by atoms with van der Waals surface area (Å²) in [6.07, 6.45) is 3.51. The maximum absolute atomic E-state index is 5.56. The van der Waals surface area contributed by atoms with Gasteiger partial charge in [-0.3, -0.25) is 0 Å². The van der Waals surface area contributed by atoms with Crippen LogP contribution in [0, 0.1) is 5.92 Å².